The Hall–Kier alpha value is -1.28. The normalized spacial score (nSPS) is 17.1. The van der Waals surface area contributed by atoms with Crippen molar-refractivity contribution in [3.63, 3.8) is 0 Å². The zero-order valence-electron chi connectivity index (χ0n) is 11.9. The molecule has 1 saturated heterocycles. The molecule has 2 heterocycles. The molecule has 102 valence electrons. The fourth-order valence-electron chi connectivity index (χ4n) is 3.23. The highest BCUT2D eigenvalue weighted by Crippen LogP contribution is 2.24. The summed E-state index contributed by atoms with van der Waals surface area (Å²) >= 11 is 0. The van der Waals surface area contributed by atoms with E-state index in [2.05, 4.69) is 46.9 Å². The number of nitrogens with zero attached hydrogens (tertiary/aromatic N) is 2. The number of aromatic nitrogens is 1. The van der Waals surface area contributed by atoms with Gasteiger partial charge in [-0.2, -0.15) is 0 Å². The van der Waals surface area contributed by atoms with Gasteiger partial charge < -0.3 is 4.57 Å². The number of piperidine rings is 1. The second kappa shape index (κ2) is 5.79. The van der Waals surface area contributed by atoms with E-state index in [1.54, 1.807) is 0 Å². The average molecular weight is 256 g/mol. The Kier molecular flexibility index (Phi) is 3.88. The van der Waals surface area contributed by atoms with Crippen molar-refractivity contribution in [1.82, 2.24) is 9.47 Å². The maximum Gasteiger partial charge on any atom is 0.0483 e. The van der Waals surface area contributed by atoms with Gasteiger partial charge in [0, 0.05) is 30.2 Å². The van der Waals surface area contributed by atoms with Gasteiger partial charge in [-0.3, -0.25) is 4.90 Å². The van der Waals surface area contributed by atoms with Gasteiger partial charge in [0.15, 0.2) is 0 Å². The standard InChI is InChI=1S/C17H24N2/c1-2-10-19-14-15(13-18-11-6-3-7-12-18)16-8-4-5-9-17(16)19/h4-5,8-9,14H,2-3,6-7,10-13H2,1H3. The topological polar surface area (TPSA) is 8.17 Å². The summed E-state index contributed by atoms with van der Waals surface area (Å²) in [5, 5.41) is 1.45. The lowest BCUT2D eigenvalue weighted by atomic mass is 10.1. The van der Waals surface area contributed by atoms with E-state index in [1.807, 2.05) is 0 Å². The van der Waals surface area contributed by atoms with Gasteiger partial charge in [0.05, 0.1) is 0 Å². The first-order valence-corrected chi connectivity index (χ1v) is 7.67. The van der Waals surface area contributed by atoms with E-state index in [0.29, 0.717) is 0 Å². The zero-order chi connectivity index (χ0) is 13.1. The van der Waals surface area contributed by atoms with Crippen LogP contribution in [0.2, 0.25) is 0 Å². The van der Waals surface area contributed by atoms with E-state index in [4.69, 9.17) is 0 Å². The van der Waals surface area contributed by atoms with Gasteiger partial charge in [-0.1, -0.05) is 31.5 Å². The van der Waals surface area contributed by atoms with Crippen LogP contribution in [0.3, 0.4) is 0 Å². The number of benzene rings is 1. The minimum atomic E-state index is 1.12. The van der Waals surface area contributed by atoms with E-state index >= 15 is 0 Å². The summed E-state index contributed by atoms with van der Waals surface area (Å²) in [7, 11) is 0. The summed E-state index contributed by atoms with van der Waals surface area (Å²) < 4.78 is 2.43. The fourth-order valence-corrected chi connectivity index (χ4v) is 3.23. The highest BCUT2D eigenvalue weighted by Gasteiger charge is 2.14. The SMILES string of the molecule is CCCn1cc(CN2CCCCC2)c2ccccc21. The molecule has 2 nitrogen and oxygen atoms in total. The first-order chi connectivity index (χ1) is 9.38. The molecule has 0 bridgehead atoms. The third-order valence-electron chi connectivity index (χ3n) is 4.18. The number of fused-ring (bicyclic) bond motifs is 1. The Bertz CT molecular complexity index is 535. The van der Waals surface area contributed by atoms with Gasteiger partial charge in [0.1, 0.15) is 0 Å². The number of hydrogen-bond acceptors (Lipinski definition) is 1. The molecule has 1 aromatic heterocycles. The Balaban J connectivity index is 1.89. The molecule has 1 aliphatic rings. The number of aryl methyl sites for hydroxylation is 1. The molecule has 0 unspecified atom stereocenters. The van der Waals surface area contributed by atoms with Crippen molar-refractivity contribution in [3.8, 4) is 0 Å². The summed E-state index contributed by atoms with van der Waals surface area (Å²) in [6, 6.07) is 8.85. The van der Waals surface area contributed by atoms with E-state index in [1.165, 1.54) is 55.2 Å². The molecule has 0 aliphatic carbocycles. The largest absolute Gasteiger partial charge is 0.347 e. The van der Waals surface area contributed by atoms with Crippen LogP contribution in [0.4, 0.5) is 0 Å². The van der Waals surface area contributed by atoms with Gasteiger partial charge in [-0.25, -0.2) is 0 Å². The molecule has 2 heteroatoms. The molecule has 3 rings (SSSR count). The molecule has 0 amide bonds. The van der Waals surface area contributed by atoms with Crippen LogP contribution in [-0.2, 0) is 13.1 Å². The van der Waals surface area contributed by atoms with E-state index < -0.39 is 0 Å². The minimum absolute atomic E-state index is 1.12. The van der Waals surface area contributed by atoms with Gasteiger partial charge in [-0.15, -0.1) is 0 Å². The quantitative estimate of drug-likeness (QED) is 0.801. The lowest BCUT2D eigenvalue weighted by molar-refractivity contribution is 0.221. The molecule has 0 atom stereocenters. The van der Waals surface area contributed by atoms with Crippen LogP contribution in [0.5, 0.6) is 0 Å². The molecule has 1 aromatic carbocycles. The molecule has 1 fully saturated rings. The van der Waals surface area contributed by atoms with E-state index in [9.17, 15) is 0 Å². The molecule has 0 N–H and O–H groups in total. The Morgan fingerprint density at radius 2 is 1.84 bits per heavy atom. The van der Waals surface area contributed by atoms with Crippen LogP contribution in [0.15, 0.2) is 30.5 Å². The predicted octanol–water partition coefficient (Wildman–Crippen LogP) is 4.04. The van der Waals surface area contributed by atoms with Crippen LogP contribution in [0.1, 0.15) is 38.2 Å². The molecule has 0 radical (unpaired) electrons. The van der Waals surface area contributed by atoms with Gasteiger partial charge >= 0.3 is 0 Å². The molecule has 0 spiro atoms. The van der Waals surface area contributed by atoms with Crippen molar-refractivity contribution < 1.29 is 0 Å². The fraction of sp³-hybridized carbons (Fsp3) is 0.529. The molecular weight excluding hydrogens is 232 g/mol. The van der Waals surface area contributed by atoms with E-state index in [0.717, 1.165) is 13.1 Å². The van der Waals surface area contributed by atoms with Gasteiger partial charge in [0.2, 0.25) is 0 Å². The second-order valence-corrected chi connectivity index (χ2v) is 5.70. The smallest absolute Gasteiger partial charge is 0.0483 e. The van der Waals surface area contributed by atoms with Crippen molar-refractivity contribution in [2.45, 2.75) is 45.7 Å². The maximum absolute atomic E-state index is 2.61. The summed E-state index contributed by atoms with van der Waals surface area (Å²) in [5.41, 5.74) is 2.90. The van der Waals surface area contributed by atoms with Crippen LogP contribution in [-0.4, -0.2) is 22.6 Å². The molecule has 19 heavy (non-hydrogen) atoms. The second-order valence-electron chi connectivity index (χ2n) is 5.70. The van der Waals surface area contributed by atoms with Crippen molar-refractivity contribution in [1.29, 1.82) is 0 Å². The number of hydrogen-bond donors (Lipinski definition) is 0. The summed E-state index contributed by atoms with van der Waals surface area (Å²) in [5.74, 6) is 0. The monoisotopic (exact) mass is 256 g/mol. The lowest BCUT2D eigenvalue weighted by Crippen LogP contribution is -2.28. The van der Waals surface area contributed by atoms with Gasteiger partial charge in [-0.05, 0) is 44.0 Å². The summed E-state index contributed by atoms with van der Waals surface area (Å²) in [6.45, 7) is 7.04. The highest BCUT2D eigenvalue weighted by molar-refractivity contribution is 5.83. The number of likely N-dealkylation sites (tertiary alicyclic amines) is 1. The van der Waals surface area contributed by atoms with E-state index in [-0.39, 0.29) is 0 Å². The highest BCUT2D eigenvalue weighted by atomic mass is 15.1. The first kappa shape index (κ1) is 12.7. The maximum atomic E-state index is 2.61. The van der Waals surface area contributed by atoms with Crippen molar-refractivity contribution in [3.05, 3.63) is 36.0 Å². The molecular formula is C17H24N2. The Morgan fingerprint density at radius 1 is 1.05 bits per heavy atom. The van der Waals surface area contributed by atoms with Crippen LogP contribution in [0.25, 0.3) is 10.9 Å². The molecule has 2 aromatic rings. The minimum Gasteiger partial charge on any atom is -0.347 e. The van der Waals surface area contributed by atoms with Crippen molar-refractivity contribution in [2.75, 3.05) is 13.1 Å². The first-order valence-electron chi connectivity index (χ1n) is 7.67. The zero-order valence-corrected chi connectivity index (χ0v) is 11.9. The average Bonchev–Trinajstić information content (AvgIpc) is 2.79. The van der Waals surface area contributed by atoms with Crippen LogP contribution < -0.4 is 0 Å². The number of rotatable bonds is 4. The summed E-state index contributed by atoms with van der Waals surface area (Å²) in [6.07, 6.45) is 7.72. The third-order valence-corrected chi connectivity index (χ3v) is 4.18. The van der Waals surface area contributed by atoms with Crippen LogP contribution in [0, 0.1) is 0 Å². The lowest BCUT2D eigenvalue weighted by Gasteiger charge is -2.26. The van der Waals surface area contributed by atoms with Crippen molar-refractivity contribution >= 4 is 10.9 Å². The Labute approximate surface area is 116 Å². The molecule has 0 saturated carbocycles. The third kappa shape index (κ3) is 2.69. The van der Waals surface area contributed by atoms with Crippen molar-refractivity contribution in [2.24, 2.45) is 0 Å². The van der Waals surface area contributed by atoms with Crippen LogP contribution >= 0.6 is 0 Å². The predicted molar refractivity (Wildman–Crippen MR) is 81.4 cm³/mol. The van der Waals surface area contributed by atoms with Gasteiger partial charge in [0.25, 0.3) is 0 Å². The number of para-hydroxylation sites is 1. The Morgan fingerprint density at radius 3 is 2.63 bits per heavy atom. The summed E-state index contributed by atoms with van der Waals surface area (Å²) in [4.78, 5) is 2.61. The molecule has 1 aliphatic heterocycles.